The Morgan fingerprint density at radius 3 is 1.25 bits per heavy atom. The molecule has 12 heavy (non-hydrogen) atoms. The van der Waals surface area contributed by atoms with Crippen LogP contribution < -0.4 is 0 Å². The first-order chi connectivity index (χ1) is 4.96. The monoisotopic (exact) mass is 252 g/mol. The summed E-state index contributed by atoms with van der Waals surface area (Å²) in [6.07, 6.45) is -10.5. The summed E-state index contributed by atoms with van der Waals surface area (Å²) in [4.78, 5) is 0. The summed E-state index contributed by atoms with van der Waals surface area (Å²) in [5.41, 5.74) is 0. The quantitative estimate of drug-likeness (QED) is 0.513. The van der Waals surface area contributed by atoms with Crippen molar-refractivity contribution in [3.8, 4) is 0 Å². The summed E-state index contributed by atoms with van der Waals surface area (Å²) in [5.74, 6) is 0. The van der Waals surface area contributed by atoms with E-state index < -0.39 is 16.3 Å². The number of hydrogen-bond acceptors (Lipinski definition) is 1. The first kappa shape index (κ1) is 12.5. The Morgan fingerprint density at radius 2 is 1.17 bits per heavy atom. The zero-order valence-electron chi connectivity index (χ0n) is 4.93. The molecule has 9 heteroatoms. The van der Waals surface area contributed by atoms with Crippen LogP contribution in [0.4, 0.5) is 22.0 Å². The Labute approximate surface area is 78.3 Å². The third-order valence-electron chi connectivity index (χ3n) is 0.574. The molecule has 0 bridgehead atoms. The highest BCUT2D eigenvalue weighted by atomic mass is 35.6. The fraction of sp³-hybridized carbons (Fsp3) is 1.00. The van der Waals surface area contributed by atoms with Crippen LogP contribution in [0.25, 0.3) is 0 Å². The molecule has 0 atom stereocenters. The summed E-state index contributed by atoms with van der Waals surface area (Å²) in [6, 6.07) is 0. The zero-order valence-corrected chi connectivity index (χ0v) is 7.20. The van der Waals surface area contributed by atoms with Gasteiger partial charge in [0.2, 0.25) is 0 Å². The molecule has 0 aliphatic heterocycles. The lowest BCUT2D eigenvalue weighted by atomic mass is 10.7. The van der Waals surface area contributed by atoms with Gasteiger partial charge in [0.1, 0.15) is 0 Å². The molecular weight excluding hydrogens is 253 g/mol. The maximum atomic E-state index is 12.1. The van der Waals surface area contributed by atoms with Gasteiger partial charge in [-0.25, -0.2) is 4.74 Å². The zero-order chi connectivity index (χ0) is 10.2. The molecule has 0 fully saturated rings. The SMILES string of the molecule is FC(F)(F)OC(F)(F)C(Cl)(Cl)Cl. The molecule has 0 unspecified atom stereocenters. The summed E-state index contributed by atoms with van der Waals surface area (Å²) < 4.78 is 56.6. The number of hydrogen-bond donors (Lipinski definition) is 0. The van der Waals surface area contributed by atoms with E-state index in [-0.39, 0.29) is 0 Å². The van der Waals surface area contributed by atoms with Gasteiger partial charge in [0.05, 0.1) is 0 Å². The van der Waals surface area contributed by atoms with E-state index in [0.717, 1.165) is 0 Å². The van der Waals surface area contributed by atoms with Gasteiger partial charge in [-0.05, 0) is 0 Å². The fourth-order valence-corrected chi connectivity index (χ4v) is 0.319. The normalized spacial score (nSPS) is 15.0. The summed E-state index contributed by atoms with van der Waals surface area (Å²) in [5, 5.41) is 0. The molecule has 0 aliphatic carbocycles. The van der Waals surface area contributed by atoms with Crippen LogP contribution in [0.1, 0.15) is 0 Å². The Balaban J connectivity index is 4.44. The molecule has 0 heterocycles. The highest BCUT2D eigenvalue weighted by Gasteiger charge is 2.58. The van der Waals surface area contributed by atoms with Crippen molar-refractivity contribution in [1.82, 2.24) is 0 Å². The number of halogens is 8. The van der Waals surface area contributed by atoms with Crippen LogP contribution in [-0.4, -0.2) is 16.3 Å². The molecule has 0 N–H and O–H groups in total. The van der Waals surface area contributed by atoms with Gasteiger partial charge in [-0.1, -0.05) is 34.8 Å². The first-order valence-corrected chi connectivity index (χ1v) is 3.30. The lowest BCUT2D eigenvalue weighted by Crippen LogP contribution is -2.41. The molecule has 0 saturated heterocycles. The molecule has 1 nitrogen and oxygen atoms in total. The van der Waals surface area contributed by atoms with E-state index in [0.29, 0.717) is 0 Å². The fourth-order valence-electron chi connectivity index (χ4n) is 0.203. The number of rotatable bonds is 1. The van der Waals surface area contributed by atoms with Crippen molar-refractivity contribution >= 4 is 34.8 Å². The maximum absolute atomic E-state index is 12.1. The van der Waals surface area contributed by atoms with Gasteiger partial charge in [0.25, 0.3) is 3.79 Å². The van der Waals surface area contributed by atoms with E-state index in [1.807, 2.05) is 0 Å². The third kappa shape index (κ3) is 3.93. The van der Waals surface area contributed by atoms with Crippen molar-refractivity contribution in [2.24, 2.45) is 0 Å². The molecule has 0 radical (unpaired) electrons. The summed E-state index contributed by atoms with van der Waals surface area (Å²) in [6.45, 7) is 0. The average molecular weight is 253 g/mol. The van der Waals surface area contributed by atoms with E-state index >= 15 is 0 Å². The summed E-state index contributed by atoms with van der Waals surface area (Å²) in [7, 11) is 0. The number of ether oxygens (including phenoxy) is 1. The van der Waals surface area contributed by atoms with Gasteiger partial charge >= 0.3 is 12.5 Å². The average Bonchev–Trinajstić information content (AvgIpc) is 1.52. The van der Waals surface area contributed by atoms with Gasteiger partial charge < -0.3 is 0 Å². The highest BCUT2D eigenvalue weighted by Crippen LogP contribution is 2.45. The lowest BCUT2D eigenvalue weighted by Gasteiger charge is -2.23. The predicted molar refractivity (Wildman–Crippen MR) is 32.4 cm³/mol. The topological polar surface area (TPSA) is 9.23 Å². The molecule has 0 aromatic rings. The standard InChI is InChI=1S/C3Cl3F5O/c4-1(5,6)2(7,8)12-3(9,10)11. The van der Waals surface area contributed by atoms with Crippen LogP contribution in [0.2, 0.25) is 0 Å². The van der Waals surface area contributed by atoms with Crippen molar-refractivity contribution < 1.29 is 26.7 Å². The van der Waals surface area contributed by atoms with Gasteiger partial charge in [-0.2, -0.15) is 8.78 Å². The molecule has 0 amide bonds. The van der Waals surface area contributed by atoms with Crippen LogP contribution in [0, 0.1) is 0 Å². The van der Waals surface area contributed by atoms with Crippen LogP contribution in [0.15, 0.2) is 0 Å². The first-order valence-electron chi connectivity index (χ1n) is 2.17. The van der Waals surface area contributed by atoms with Crippen LogP contribution in [-0.2, 0) is 4.74 Å². The minimum absolute atomic E-state index is 2.26. The van der Waals surface area contributed by atoms with E-state index in [1.165, 1.54) is 0 Å². The summed E-state index contributed by atoms with van der Waals surface area (Å²) >= 11 is 13.5. The van der Waals surface area contributed by atoms with Crippen LogP contribution in [0.5, 0.6) is 0 Å². The lowest BCUT2D eigenvalue weighted by molar-refractivity contribution is -0.423. The van der Waals surface area contributed by atoms with Crippen molar-refractivity contribution in [1.29, 1.82) is 0 Å². The van der Waals surface area contributed by atoms with Crippen LogP contribution >= 0.6 is 34.8 Å². The largest absolute Gasteiger partial charge is 0.527 e. The van der Waals surface area contributed by atoms with Crippen molar-refractivity contribution in [3.05, 3.63) is 0 Å². The van der Waals surface area contributed by atoms with E-state index in [1.54, 1.807) is 0 Å². The van der Waals surface area contributed by atoms with E-state index in [4.69, 9.17) is 0 Å². The van der Waals surface area contributed by atoms with Crippen molar-refractivity contribution in [3.63, 3.8) is 0 Å². The maximum Gasteiger partial charge on any atom is 0.527 e. The predicted octanol–water partition coefficient (Wildman–Crippen LogP) is 3.49. The minimum Gasteiger partial charge on any atom is -0.222 e. The highest BCUT2D eigenvalue weighted by molar-refractivity contribution is 6.68. The van der Waals surface area contributed by atoms with Gasteiger partial charge in [-0.3, -0.25) is 0 Å². The van der Waals surface area contributed by atoms with Crippen molar-refractivity contribution in [2.45, 2.75) is 16.3 Å². The Kier molecular flexibility index (Phi) is 3.46. The Bertz CT molecular complexity index is 160. The van der Waals surface area contributed by atoms with Crippen molar-refractivity contribution in [2.75, 3.05) is 0 Å². The minimum atomic E-state index is -5.56. The molecule has 0 saturated carbocycles. The molecule has 74 valence electrons. The van der Waals surface area contributed by atoms with Gasteiger partial charge in [0, 0.05) is 0 Å². The second kappa shape index (κ2) is 3.32. The second-order valence-corrected chi connectivity index (χ2v) is 3.84. The molecule has 0 aliphatic rings. The van der Waals surface area contributed by atoms with Gasteiger partial charge in [0.15, 0.2) is 0 Å². The van der Waals surface area contributed by atoms with E-state index in [9.17, 15) is 22.0 Å². The Hall–Kier alpha value is 0.480. The third-order valence-corrected chi connectivity index (χ3v) is 1.23. The molecule has 0 aromatic heterocycles. The molecule has 0 spiro atoms. The van der Waals surface area contributed by atoms with Crippen LogP contribution in [0.3, 0.4) is 0 Å². The molecule has 0 aromatic carbocycles. The molecular formula is C3Cl3F5O. The van der Waals surface area contributed by atoms with E-state index in [2.05, 4.69) is 39.5 Å². The number of alkyl halides is 8. The second-order valence-electron chi connectivity index (χ2n) is 1.56. The van der Waals surface area contributed by atoms with Gasteiger partial charge in [-0.15, -0.1) is 13.2 Å². The smallest absolute Gasteiger partial charge is 0.222 e. The molecule has 0 rings (SSSR count). The Morgan fingerprint density at radius 1 is 0.833 bits per heavy atom.